The molecule has 1 spiro atoms. The van der Waals surface area contributed by atoms with Crippen LogP contribution in [0.1, 0.15) is 57.1 Å². The highest BCUT2D eigenvalue weighted by Gasteiger charge is 2.53. The summed E-state index contributed by atoms with van der Waals surface area (Å²) in [4.78, 5) is 19.2. The van der Waals surface area contributed by atoms with Gasteiger partial charge in [-0.25, -0.2) is 10.8 Å². The van der Waals surface area contributed by atoms with E-state index in [1.165, 1.54) is 11.3 Å². The summed E-state index contributed by atoms with van der Waals surface area (Å²) in [6.45, 7) is 1.65. The van der Waals surface area contributed by atoms with Crippen LogP contribution in [-0.4, -0.2) is 82.4 Å². The fourth-order valence-electron chi connectivity index (χ4n) is 6.35. The average Bonchev–Trinajstić information content (AvgIpc) is 3.50. The second-order valence-corrected chi connectivity index (χ2v) is 12.2. The topological polar surface area (TPSA) is 133 Å². The Hall–Kier alpha value is -2.81. The lowest BCUT2D eigenvalue weighted by molar-refractivity contribution is 0.0960. The number of aromatic nitrogens is 2. The number of nitrogens with two attached hydrogens (primary N) is 2. The maximum atomic E-state index is 10.3. The van der Waals surface area contributed by atoms with Crippen LogP contribution in [0.25, 0.3) is 5.70 Å². The highest BCUT2D eigenvalue weighted by molar-refractivity contribution is 8.04. The van der Waals surface area contributed by atoms with E-state index < -0.39 is 5.54 Å². The van der Waals surface area contributed by atoms with Gasteiger partial charge in [0.25, 0.3) is 0 Å². The predicted octanol–water partition coefficient (Wildman–Crippen LogP) is 2.92. The van der Waals surface area contributed by atoms with Crippen LogP contribution in [0, 0.1) is 17.2 Å². The second-order valence-electron chi connectivity index (χ2n) is 11.0. The summed E-state index contributed by atoms with van der Waals surface area (Å²) in [5.74, 6) is 6.66. The molecule has 0 aromatic carbocycles. The number of hydrazine groups is 1. The largest absolute Gasteiger partial charge is 0.462 e. The molecule has 3 unspecified atom stereocenters. The summed E-state index contributed by atoms with van der Waals surface area (Å²) < 4.78 is 5.96. The van der Waals surface area contributed by atoms with E-state index >= 15 is 0 Å². The fourth-order valence-corrected chi connectivity index (χ4v) is 7.79. The second kappa shape index (κ2) is 11.1. The molecule has 38 heavy (non-hydrogen) atoms. The molecule has 1 aliphatic carbocycles. The molecule has 0 amide bonds. The number of hydrogen-bond donors (Lipinski definition) is 2. The lowest BCUT2D eigenvalue weighted by Crippen LogP contribution is -2.58. The summed E-state index contributed by atoms with van der Waals surface area (Å²) in [6, 6.07) is 5.10. The van der Waals surface area contributed by atoms with Gasteiger partial charge in [0.15, 0.2) is 0 Å². The fraction of sp³-hybridized carbons (Fsp3) is 0.630. The molecule has 10 nitrogen and oxygen atoms in total. The van der Waals surface area contributed by atoms with Gasteiger partial charge in [-0.3, -0.25) is 4.99 Å². The molecule has 204 valence electrons. The standard InChI is InChI=1S/C27H39N9OS/c1-34(2)17-32-25-19(15-28)23-22(38-25)9-5-12-27(23)11-4-8-21(36(27)30)24(29)20-10-13-31-26(33-20)37-16-18-7-6-14-35(18)3/h10,13,17-19,25H,4-9,11-12,14,16,29-30H2,1-3H3/b24-21-,32-17?/t18-,19?,25?,27?/m0/s1. The smallest absolute Gasteiger partial charge is 0.317 e. The molecular weight excluding hydrogens is 498 g/mol. The number of rotatable bonds is 6. The molecule has 0 bridgehead atoms. The zero-order chi connectivity index (χ0) is 26.9. The Morgan fingerprint density at radius 2 is 2.13 bits per heavy atom. The third-order valence-corrected chi connectivity index (χ3v) is 9.64. The Morgan fingerprint density at radius 1 is 1.34 bits per heavy atom. The van der Waals surface area contributed by atoms with Crippen molar-refractivity contribution in [2.24, 2.45) is 22.5 Å². The molecule has 2 saturated heterocycles. The van der Waals surface area contributed by atoms with E-state index in [1.807, 2.05) is 30.1 Å². The molecular formula is C27H39N9OS. The molecule has 4 atom stereocenters. The van der Waals surface area contributed by atoms with E-state index in [1.54, 1.807) is 24.3 Å². The number of likely N-dealkylation sites (N-methyl/N-ethyl adjacent to an activating group) is 1. The summed E-state index contributed by atoms with van der Waals surface area (Å²) in [5.41, 5.74) is 9.51. The van der Waals surface area contributed by atoms with Crippen molar-refractivity contribution in [2.45, 2.75) is 68.3 Å². The van der Waals surface area contributed by atoms with E-state index in [4.69, 9.17) is 21.3 Å². The molecule has 2 fully saturated rings. The Morgan fingerprint density at radius 3 is 2.84 bits per heavy atom. The lowest BCUT2D eigenvalue weighted by atomic mass is 9.69. The predicted molar refractivity (Wildman–Crippen MR) is 150 cm³/mol. The molecule has 0 saturated carbocycles. The normalized spacial score (nSPS) is 31.1. The van der Waals surface area contributed by atoms with Crippen LogP contribution >= 0.6 is 11.8 Å². The van der Waals surface area contributed by atoms with E-state index in [9.17, 15) is 5.26 Å². The van der Waals surface area contributed by atoms with Gasteiger partial charge in [0, 0.05) is 26.3 Å². The number of nitriles is 1. The number of nitrogens with zero attached hydrogens (tertiary/aromatic N) is 7. The van der Waals surface area contributed by atoms with Gasteiger partial charge >= 0.3 is 6.01 Å². The third-order valence-electron chi connectivity index (χ3n) is 8.29. The molecule has 1 aromatic rings. The molecule has 5 rings (SSSR count). The van der Waals surface area contributed by atoms with Crippen LogP contribution in [-0.2, 0) is 0 Å². The van der Waals surface area contributed by atoms with Crippen LogP contribution < -0.4 is 16.3 Å². The van der Waals surface area contributed by atoms with Crippen molar-refractivity contribution in [2.75, 3.05) is 34.3 Å². The van der Waals surface area contributed by atoms with Crippen molar-refractivity contribution in [3.63, 3.8) is 0 Å². The third kappa shape index (κ3) is 4.97. The van der Waals surface area contributed by atoms with Crippen LogP contribution in [0.15, 0.2) is 33.4 Å². The highest BCUT2D eigenvalue weighted by atomic mass is 32.2. The van der Waals surface area contributed by atoms with Crippen LogP contribution in [0.4, 0.5) is 0 Å². The minimum absolute atomic E-state index is 0.150. The quantitative estimate of drug-likeness (QED) is 0.317. The van der Waals surface area contributed by atoms with Crippen LogP contribution in [0.3, 0.4) is 0 Å². The van der Waals surface area contributed by atoms with Gasteiger partial charge in [-0.15, -0.1) is 11.8 Å². The van der Waals surface area contributed by atoms with Gasteiger partial charge in [-0.1, -0.05) is 0 Å². The monoisotopic (exact) mass is 537 g/mol. The molecule has 1 aromatic heterocycles. The number of ether oxygens (including phenoxy) is 1. The van der Waals surface area contributed by atoms with Crippen molar-refractivity contribution in [1.29, 1.82) is 5.26 Å². The molecule has 4 heterocycles. The SMILES string of the molecule is CN(C)C=NC1SC2=C(C1C#N)C1(CCC2)CCC/C(=C(/N)c2ccnc(OC[C@@H]3CCCN3C)n2)N1N. The zero-order valence-corrected chi connectivity index (χ0v) is 23.5. The first kappa shape index (κ1) is 26.8. The zero-order valence-electron chi connectivity index (χ0n) is 22.6. The molecule has 0 radical (unpaired) electrons. The maximum absolute atomic E-state index is 10.3. The summed E-state index contributed by atoms with van der Waals surface area (Å²) >= 11 is 1.73. The summed E-state index contributed by atoms with van der Waals surface area (Å²) in [5, 5.41) is 12.0. The van der Waals surface area contributed by atoms with Gasteiger partial charge < -0.3 is 25.3 Å². The maximum Gasteiger partial charge on any atom is 0.317 e. The van der Waals surface area contributed by atoms with Crippen molar-refractivity contribution in [1.82, 2.24) is 24.8 Å². The number of fused-ring (bicyclic) bond motifs is 1. The number of likely N-dealkylation sites (tertiary alicyclic amines) is 1. The molecule has 11 heteroatoms. The van der Waals surface area contributed by atoms with Gasteiger partial charge in [-0.05, 0) is 81.5 Å². The van der Waals surface area contributed by atoms with Crippen LogP contribution in [0.2, 0.25) is 0 Å². The number of piperidine rings is 1. The highest BCUT2D eigenvalue weighted by Crippen LogP contribution is 2.57. The average molecular weight is 538 g/mol. The summed E-state index contributed by atoms with van der Waals surface area (Å²) in [6.07, 6.45) is 11.3. The van der Waals surface area contributed by atoms with E-state index in [-0.39, 0.29) is 11.3 Å². The van der Waals surface area contributed by atoms with Crippen LogP contribution in [0.5, 0.6) is 6.01 Å². The Balaban J connectivity index is 1.42. The Bertz CT molecular complexity index is 1180. The minimum atomic E-state index is -0.430. The lowest BCUT2D eigenvalue weighted by Gasteiger charge is -2.51. The first-order chi connectivity index (χ1) is 18.3. The molecule has 4 N–H and O–H groups in total. The molecule has 4 aliphatic rings. The van der Waals surface area contributed by atoms with E-state index in [2.05, 4.69) is 28.0 Å². The number of hydrogen-bond acceptors (Lipinski definition) is 10. The van der Waals surface area contributed by atoms with Gasteiger partial charge in [-0.2, -0.15) is 10.2 Å². The van der Waals surface area contributed by atoms with Crippen molar-refractivity contribution < 1.29 is 4.74 Å². The molecule has 3 aliphatic heterocycles. The van der Waals surface area contributed by atoms with E-state index in [0.29, 0.717) is 30.1 Å². The van der Waals surface area contributed by atoms with Gasteiger partial charge in [0.2, 0.25) is 0 Å². The van der Waals surface area contributed by atoms with E-state index in [0.717, 1.165) is 62.8 Å². The van der Waals surface area contributed by atoms with Crippen molar-refractivity contribution in [3.8, 4) is 12.1 Å². The number of thioether (sulfide) groups is 1. The first-order valence-electron chi connectivity index (χ1n) is 13.5. The number of allylic oxidation sites excluding steroid dienone is 2. The first-order valence-corrected chi connectivity index (χ1v) is 14.4. The van der Waals surface area contributed by atoms with Gasteiger partial charge in [0.05, 0.1) is 35.0 Å². The van der Waals surface area contributed by atoms with Crippen molar-refractivity contribution >= 4 is 23.8 Å². The minimum Gasteiger partial charge on any atom is -0.462 e. The Kier molecular flexibility index (Phi) is 7.84. The number of aliphatic imine (C=N–C) groups is 1. The van der Waals surface area contributed by atoms with Crippen molar-refractivity contribution in [3.05, 3.63) is 34.1 Å². The Labute approximate surface area is 229 Å². The van der Waals surface area contributed by atoms with Gasteiger partial charge in [0.1, 0.15) is 17.9 Å². The summed E-state index contributed by atoms with van der Waals surface area (Å²) in [7, 11) is 6.01.